The third kappa shape index (κ3) is 3.69. The van der Waals surface area contributed by atoms with Crippen LogP contribution >= 0.6 is 0 Å². The van der Waals surface area contributed by atoms with E-state index < -0.39 is 22.6 Å². The van der Waals surface area contributed by atoms with Gasteiger partial charge in [-0.1, -0.05) is 6.92 Å². The molecule has 0 heterocycles. The van der Waals surface area contributed by atoms with Crippen molar-refractivity contribution >= 4 is 17.3 Å². The van der Waals surface area contributed by atoms with Crippen molar-refractivity contribution in [3.05, 3.63) is 34.1 Å². The van der Waals surface area contributed by atoms with Crippen LogP contribution in [-0.4, -0.2) is 22.5 Å². The molecule has 0 aliphatic heterocycles. The van der Waals surface area contributed by atoms with E-state index in [0.717, 1.165) is 6.07 Å². The molecule has 1 aromatic carbocycles. The first-order valence-corrected chi connectivity index (χ1v) is 5.32. The first-order chi connectivity index (χ1) is 8.41. The molecular weight excluding hydrogens is 243 g/mol. The summed E-state index contributed by atoms with van der Waals surface area (Å²) in [6.45, 7) is 1.83. The van der Waals surface area contributed by atoms with Crippen LogP contribution < -0.4 is 5.32 Å². The number of halogens is 1. The van der Waals surface area contributed by atoms with E-state index in [1.807, 2.05) is 0 Å². The van der Waals surface area contributed by atoms with Crippen LogP contribution in [0.25, 0.3) is 0 Å². The molecule has 0 amide bonds. The average molecular weight is 256 g/mol. The van der Waals surface area contributed by atoms with Crippen molar-refractivity contribution in [2.75, 3.05) is 11.9 Å². The SMILES string of the molecule is CC(CCNc1ccc([N+](=O)[O-])cc1F)C(=O)O. The highest BCUT2D eigenvalue weighted by atomic mass is 19.1. The summed E-state index contributed by atoms with van der Waals surface area (Å²) in [4.78, 5) is 20.3. The number of rotatable bonds is 6. The topological polar surface area (TPSA) is 92.5 Å². The van der Waals surface area contributed by atoms with E-state index in [1.54, 1.807) is 6.92 Å². The Morgan fingerprint density at radius 1 is 1.61 bits per heavy atom. The first-order valence-electron chi connectivity index (χ1n) is 5.32. The molecule has 1 aromatic rings. The highest BCUT2D eigenvalue weighted by molar-refractivity contribution is 5.69. The fourth-order valence-electron chi connectivity index (χ4n) is 1.31. The van der Waals surface area contributed by atoms with Crippen molar-refractivity contribution in [3.8, 4) is 0 Å². The van der Waals surface area contributed by atoms with Gasteiger partial charge in [0.05, 0.1) is 22.6 Å². The van der Waals surface area contributed by atoms with Gasteiger partial charge in [0.15, 0.2) is 5.82 Å². The van der Waals surface area contributed by atoms with Crippen LogP contribution in [0, 0.1) is 21.8 Å². The summed E-state index contributed by atoms with van der Waals surface area (Å²) in [6, 6.07) is 3.27. The lowest BCUT2D eigenvalue weighted by atomic mass is 10.1. The minimum absolute atomic E-state index is 0.123. The molecule has 0 aromatic heterocycles. The number of nitro benzene ring substituents is 1. The molecule has 1 rings (SSSR count). The second-order valence-corrected chi connectivity index (χ2v) is 3.88. The molecule has 98 valence electrons. The molecule has 1 unspecified atom stereocenters. The number of non-ortho nitro benzene ring substituents is 1. The Balaban J connectivity index is 2.58. The van der Waals surface area contributed by atoms with Crippen molar-refractivity contribution in [2.45, 2.75) is 13.3 Å². The highest BCUT2D eigenvalue weighted by Gasteiger charge is 2.12. The van der Waals surface area contributed by atoms with Gasteiger partial charge in [-0.15, -0.1) is 0 Å². The van der Waals surface area contributed by atoms with E-state index in [1.165, 1.54) is 12.1 Å². The van der Waals surface area contributed by atoms with E-state index in [9.17, 15) is 19.3 Å². The number of carboxylic acid groups (broad SMARTS) is 1. The van der Waals surface area contributed by atoms with Gasteiger partial charge in [0.2, 0.25) is 0 Å². The summed E-state index contributed by atoms with van der Waals surface area (Å²) in [5.41, 5.74) is -0.199. The van der Waals surface area contributed by atoms with Crippen LogP contribution in [0.3, 0.4) is 0 Å². The molecule has 0 radical (unpaired) electrons. The molecule has 18 heavy (non-hydrogen) atoms. The van der Waals surface area contributed by atoms with Gasteiger partial charge in [0.25, 0.3) is 5.69 Å². The number of hydrogen-bond donors (Lipinski definition) is 2. The van der Waals surface area contributed by atoms with Gasteiger partial charge < -0.3 is 10.4 Å². The van der Waals surface area contributed by atoms with Crippen molar-refractivity contribution < 1.29 is 19.2 Å². The molecule has 0 aliphatic carbocycles. The summed E-state index contributed by atoms with van der Waals surface area (Å²) in [5, 5.41) is 21.8. The lowest BCUT2D eigenvalue weighted by Gasteiger charge is -2.09. The molecule has 0 bridgehead atoms. The minimum atomic E-state index is -0.916. The van der Waals surface area contributed by atoms with Crippen molar-refractivity contribution in [3.63, 3.8) is 0 Å². The predicted molar refractivity (Wildman–Crippen MR) is 63.0 cm³/mol. The molecule has 2 N–H and O–H groups in total. The maximum absolute atomic E-state index is 13.4. The van der Waals surface area contributed by atoms with Gasteiger partial charge >= 0.3 is 5.97 Å². The Kier molecular flexibility index (Phi) is 4.59. The summed E-state index contributed by atoms with van der Waals surface area (Å²) in [7, 11) is 0. The number of aliphatic carboxylic acids is 1. The van der Waals surface area contributed by atoms with Gasteiger partial charge in [-0.3, -0.25) is 14.9 Å². The number of carboxylic acids is 1. The summed E-state index contributed by atoms with van der Waals surface area (Å²) in [6.07, 6.45) is 0.339. The third-order valence-electron chi connectivity index (χ3n) is 2.48. The Morgan fingerprint density at radius 2 is 2.28 bits per heavy atom. The average Bonchev–Trinajstić information content (AvgIpc) is 2.30. The van der Waals surface area contributed by atoms with Crippen LogP contribution in [-0.2, 0) is 4.79 Å². The van der Waals surface area contributed by atoms with Crippen LogP contribution in [0.1, 0.15) is 13.3 Å². The van der Waals surface area contributed by atoms with Crippen LogP contribution in [0.15, 0.2) is 18.2 Å². The molecule has 0 aliphatic rings. The molecule has 0 spiro atoms. The summed E-state index contributed by atoms with van der Waals surface area (Å²) < 4.78 is 13.4. The smallest absolute Gasteiger partial charge is 0.306 e. The third-order valence-corrected chi connectivity index (χ3v) is 2.48. The number of nitrogens with zero attached hydrogens (tertiary/aromatic N) is 1. The quantitative estimate of drug-likeness (QED) is 0.601. The zero-order valence-corrected chi connectivity index (χ0v) is 9.72. The van der Waals surface area contributed by atoms with Gasteiger partial charge in [-0.25, -0.2) is 4.39 Å². The second-order valence-electron chi connectivity index (χ2n) is 3.88. The zero-order valence-electron chi connectivity index (χ0n) is 9.72. The van der Waals surface area contributed by atoms with Crippen molar-refractivity contribution in [1.29, 1.82) is 0 Å². The van der Waals surface area contributed by atoms with Crippen LogP contribution in [0.4, 0.5) is 15.8 Å². The normalized spacial score (nSPS) is 11.9. The number of carbonyl (C=O) groups is 1. The predicted octanol–water partition coefficient (Wildman–Crippen LogP) is 2.26. The number of anilines is 1. The van der Waals surface area contributed by atoms with E-state index >= 15 is 0 Å². The van der Waals surface area contributed by atoms with E-state index in [4.69, 9.17) is 5.11 Å². The van der Waals surface area contributed by atoms with Crippen LogP contribution in [0.5, 0.6) is 0 Å². The van der Waals surface area contributed by atoms with Crippen molar-refractivity contribution in [2.24, 2.45) is 5.92 Å². The minimum Gasteiger partial charge on any atom is -0.481 e. The Hall–Kier alpha value is -2.18. The monoisotopic (exact) mass is 256 g/mol. The highest BCUT2D eigenvalue weighted by Crippen LogP contribution is 2.20. The van der Waals surface area contributed by atoms with Gasteiger partial charge in [0.1, 0.15) is 0 Å². The first kappa shape index (κ1) is 13.9. The molecule has 0 saturated heterocycles. The van der Waals surface area contributed by atoms with Gasteiger partial charge in [0, 0.05) is 12.6 Å². The molecule has 0 fully saturated rings. The van der Waals surface area contributed by atoms with E-state index in [-0.39, 0.29) is 17.9 Å². The van der Waals surface area contributed by atoms with Gasteiger partial charge in [-0.05, 0) is 12.5 Å². The number of nitrogens with one attached hydrogen (secondary N) is 1. The molecular formula is C11H13FN2O4. The number of nitro groups is 1. The molecule has 6 nitrogen and oxygen atoms in total. The lowest BCUT2D eigenvalue weighted by Crippen LogP contribution is -2.14. The van der Waals surface area contributed by atoms with Gasteiger partial charge in [-0.2, -0.15) is 0 Å². The number of hydrogen-bond acceptors (Lipinski definition) is 4. The maximum atomic E-state index is 13.4. The van der Waals surface area contributed by atoms with E-state index in [0.29, 0.717) is 6.42 Å². The second kappa shape index (κ2) is 5.95. The summed E-state index contributed by atoms with van der Waals surface area (Å²) in [5.74, 6) is -2.17. The Labute approximate surface area is 103 Å². The van der Waals surface area contributed by atoms with E-state index in [2.05, 4.69) is 5.32 Å². The largest absolute Gasteiger partial charge is 0.481 e. The maximum Gasteiger partial charge on any atom is 0.306 e. The molecule has 1 atom stereocenters. The number of benzene rings is 1. The molecule has 7 heteroatoms. The Morgan fingerprint density at radius 3 is 2.78 bits per heavy atom. The van der Waals surface area contributed by atoms with Crippen molar-refractivity contribution in [1.82, 2.24) is 0 Å². The lowest BCUT2D eigenvalue weighted by molar-refractivity contribution is -0.385. The Bertz CT molecular complexity index is 464. The fourth-order valence-corrected chi connectivity index (χ4v) is 1.31. The molecule has 0 saturated carbocycles. The van der Waals surface area contributed by atoms with Crippen LogP contribution in [0.2, 0.25) is 0 Å². The zero-order chi connectivity index (χ0) is 13.7. The summed E-state index contributed by atoms with van der Waals surface area (Å²) >= 11 is 0. The standard InChI is InChI=1S/C11H13FN2O4/c1-7(11(15)16)4-5-13-10-3-2-8(14(17)18)6-9(10)12/h2-3,6-7,13H,4-5H2,1H3,(H,15,16). The fraction of sp³-hybridized carbons (Fsp3) is 0.364.